The van der Waals surface area contributed by atoms with Gasteiger partial charge < -0.3 is 10.5 Å². The van der Waals surface area contributed by atoms with Crippen molar-refractivity contribution in [3.8, 4) is 0 Å². The summed E-state index contributed by atoms with van der Waals surface area (Å²) in [7, 11) is 0. The second kappa shape index (κ2) is 6.23. The molecule has 0 amide bonds. The second-order valence-corrected chi connectivity index (χ2v) is 7.14. The molecule has 0 saturated heterocycles. The second-order valence-electron chi connectivity index (χ2n) is 7.14. The monoisotopic (exact) mass is 276 g/mol. The summed E-state index contributed by atoms with van der Waals surface area (Å²) in [6, 6.07) is 5.93. The average molecular weight is 276 g/mol. The van der Waals surface area contributed by atoms with E-state index in [9.17, 15) is 0 Å². The maximum atomic E-state index is 6.18. The largest absolute Gasteiger partial charge is 0.367 e. The van der Waals surface area contributed by atoms with Crippen LogP contribution in [0.25, 0.3) is 0 Å². The molecule has 1 aliphatic carbocycles. The molecular formula is C17H28N2O. The van der Waals surface area contributed by atoms with Crippen molar-refractivity contribution < 1.29 is 4.74 Å². The Bertz CT molecular complexity index is 403. The van der Waals surface area contributed by atoms with Gasteiger partial charge in [0.1, 0.15) is 0 Å². The molecule has 1 aliphatic rings. The molecular weight excluding hydrogens is 248 g/mol. The van der Waals surface area contributed by atoms with Gasteiger partial charge in [0, 0.05) is 12.7 Å². The molecule has 3 heteroatoms. The highest BCUT2D eigenvalue weighted by atomic mass is 16.5. The van der Waals surface area contributed by atoms with Crippen LogP contribution in [0.5, 0.6) is 0 Å². The van der Waals surface area contributed by atoms with E-state index < -0.39 is 0 Å². The van der Waals surface area contributed by atoms with Gasteiger partial charge in [-0.05, 0) is 49.1 Å². The van der Waals surface area contributed by atoms with Crippen molar-refractivity contribution in [2.24, 2.45) is 17.1 Å². The minimum atomic E-state index is -0.140. The third-order valence-electron chi connectivity index (χ3n) is 4.75. The smallest absolute Gasteiger partial charge is 0.0896 e. The summed E-state index contributed by atoms with van der Waals surface area (Å²) < 4.78 is 6.18. The van der Waals surface area contributed by atoms with Crippen LogP contribution in [0.4, 0.5) is 0 Å². The van der Waals surface area contributed by atoms with E-state index in [2.05, 4.69) is 25.8 Å². The van der Waals surface area contributed by atoms with E-state index in [0.717, 1.165) is 24.5 Å². The third kappa shape index (κ3) is 3.80. The molecule has 0 unspecified atom stereocenters. The maximum absolute atomic E-state index is 6.18. The van der Waals surface area contributed by atoms with Crippen molar-refractivity contribution in [3.05, 3.63) is 30.1 Å². The summed E-state index contributed by atoms with van der Waals surface area (Å²) in [5.41, 5.74) is 7.25. The Labute approximate surface area is 122 Å². The van der Waals surface area contributed by atoms with Gasteiger partial charge in [0.05, 0.1) is 17.9 Å². The summed E-state index contributed by atoms with van der Waals surface area (Å²) in [5.74, 6) is 0.778. The van der Waals surface area contributed by atoms with E-state index in [4.69, 9.17) is 10.5 Å². The lowest BCUT2D eigenvalue weighted by molar-refractivity contribution is -0.0898. The minimum Gasteiger partial charge on any atom is -0.367 e. The van der Waals surface area contributed by atoms with Crippen molar-refractivity contribution in [3.63, 3.8) is 0 Å². The molecule has 0 bridgehead atoms. The third-order valence-corrected chi connectivity index (χ3v) is 4.75. The van der Waals surface area contributed by atoms with Crippen LogP contribution in [0.3, 0.4) is 0 Å². The van der Waals surface area contributed by atoms with Gasteiger partial charge in [0.15, 0.2) is 0 Å². The average Bonchev–Trinajstić information content (AvgIpc) is 2.46. The Morgan fingerprint density at radius 1 is 1.30 bits per heavy atom. The van der Waals surface area contributed by atoms with Gasteiger partial charge in [-0.3, -0.25) is 4.98 Å². The van der Waals surface area contributed by atoms with Crippen LogP contribution in [0.1, 0.15) is 52.1 Å². The zero-order valence-corrected chi connectivity index (χ0v) is 13.1. The normalized spacial score (nSPS) is 27.5. The van der Waals surface area contributed by atoms with Gasteiger partial charge in [0.2, 0.25) is 0 Å². The zero-order valence-electron chi connectivity index (χ0n) is 13.1. The SMILES string of the molecule is CC(C)(C)C1CCC(CN)(OCc2ccccn2)CC1. The van der Waals surface area contributed by atoms with E-state index >= 15 is 0 Å². The lowest BCUT2D eigenvalue weighted by Gasteiger charge is -2.43. The number of nitrogens with two attached hydrogens (primary N) is 1. The van der Waals surface area contributed by atoms with Crippen LogP contribution < -0.4 is 5.73 Å². The van der Waals surface area contributed by atoms with Gasteiger partial charge in [-0.15, -0.1) is 0 Å². The van der Waals surface area contributed by atoms with Gasteiger partial charge >= 0.3 is 0 Å². The van der Waals surface area contributed by atoms with Crippen molar-refractivity contribution in [1.82, 2.24) is 4.98 Å². The highest BCUT2D eigenvalue weighted by molar-refractivity contribution is 5.02. The van der Waals surface area contributed by atoms with Crippen molar-refractivity contribution in [1.29, 1.82) is 0 Å². The molecule has 1 heterocycles. The number of hydrogen-bond acceptors (Lipinski definition) is 3. The van der Waals surface area contributed by atoms with E-state index in [0.29, 0.717) is 18.6 Å². The minimum absolute atomic E-state index is 0.140. The Hall–Kier alpha value is -0.930. The standard InChI is InChI=1S/C17H28N2O/c1-16(2,3)14-7-9-17(13-18,10-8-14)20-12-15-6-4-5-11-19-15/h4-6,11,14H,7-10,12-13,18H2,1-3H3. The molecule has 1 fully saturated rings. The van der Waals surface area contributed by atoms with Gasteiger partial charge in [-0.25, -0.2) is 0 Å². The Morgan fingerprint density at radius 3 is 2.50 bits per heavy atom. The number of rotatable bonds is 4. The van der Waals surface area contributed by atoms with Crippen molar-refractivity contribution in [2.45, 2.75) is 58.7 Å². The van der Waals surface area contributed by atoms with Crippen LogP contribution >= 0.6 is 0 Å². The summed E-state index contributed by atoms with van der Waals surface area (Å²) >= 11 is 0. The van der Waals surface area contributed by atoms with Crippen LogP contribution in [-0.4, -0.2) is 17.1 Å². The van der Waals surface area contributed by atoms with E-state index in [1.807, 2.05) is 24.4 Å². The highest BCUT2D eigenvalue weighted by Crippen LogP contribution is 2.42. The fraction of sp³-hybridized carbons (Fsp3) is 0.706. The van der Waals surface area contributed by atoms with Gasteiger partial charge in [-0.2, -0.15) is 0 Å². The molecule has 20 heavy (non-hydrogen) atoms. The zero-order chi connectivity index (χ0) is 14.6. The lowest BCUT2D eigenvalue weighted by Crippen LogP contribution is -2.45. The maximum Gasteiger partial charge on any atom is 0.0896 e. The number of aromatic nitrogens is 1. The predicted molar refractivity (Wildman–Crippen MR) is 82.2 cm³/mol. The van der Waals surface area contributed by atoms with E-state index in [1.165, 1.54) is 12.8 Å². The first kappa shape index (κ1) is 15.5. The Morgan fingerprint density at radius 2 is 2.00 bits per heavy atom. The molecule has 2 rings (SSSR count). The number of ether oxygens (including phenoxy) is 1. The first-order valence-electron chi connectivity index (χ1n) is 7.69. The van der Waals surface area contributed by atoms with Crippen LogP contribution in [0.15, 0.2) is 24.4 Å². The molecule has 0 spiro atoms. The molecule has 1 aromatic heterocycles. The molecule has 2 N–H and O–H groups in total. The molecule has 0 aromatic carbocycles. The van der Waals surface area contributed by atoms with Gasteiger partial charge in [-0.1, -0.05) is 26.8 Å². The lowest BCUT2D eigenvalue weighted by atomic mass is 9.68. The summed E-state index contributed by atoms with van der Waals surface area (Å²) in [6.45, 7) is 8.18. The van der Waals surface area contributed by atoms with Gasteiger partial charge in [0.25, 0.3) is 0 Å². The fourth-order valence-electron chi connectivity index (χ4n) is 3.13. The number of pyridine rings is 1. The van der Waals surface area contributed by atoms with E-state index in [-0.39, 0.29) is 5.60 Å². The quantitative estimate of drug-likeness (QED) is 0.915. The Kier molecular flexibility index (Phi) is 4.82. The van der Waals surface area contributed by atoms with Crippen molar-refractivity contribution in [2.75, 3.05) is 6.54 Å². The highest BCUT2D eigenvalue weighted by Gasteiger charge is 2.38. The van der Waals surface area contributed by atoms with E-state index in [1.54, 1.807) is 0 Å². The molecule has 0 atom stereocenters. The molecule has 0 radical (unpaired) electrons. The summed E-state index contributed by atoms with van der Waals surface area (Å²) in [5, 5.41) is 0. The van der Waals surface area contributed by atoms with Crippen LogP contribution in [0, 0.1) is 11.3 Å². The molecule has 112 valence electrons. The summed E-state index contributed by atoms with van der Waals surface area (Å²) in [6.07, 6.45) is 6.37. The van der Waals surface area contributed by atoms with Crippen molar-refractivity contribution >= 4 is 0 Å². The predicted octanol–water partition coefficient (Wildman–Crippen LogP) is 3.53. The van der Waals surface area contributed by atoms with Crippen LogP contribution in [-0.2, 0) is 11.3 Å². The fourth-order valence-corrected chi connectivity index (χ4v) is 3.13. The molecule has 1 saturated carbocycles. The first-order valence-corrected chi connectivity index (χ1v) is 7.69. The molecule has 1 aromatic rings. The summed E-state index contributed by atoms with van der Waals surface area (Å²) in [4.78, 5) is 4.32. The molecule has 0 aliphatic heterocycles. The molecule has 3 nitrogen and oxygen atoms in total. The Balaban J connectivity index is 1.92. The first-order chi connectivity index (χ1) is 9.45. The van der Waals surface area contributed by atoms with Crippen LogP contribution in [0.2, 0.25) is 0 Å². The number of nitrogens with zero attached hydrogens (tertiary/aromatic N) is 1. The number of hydrogen-bond donors (Lipinski definition) is 1. The topological polar surface area (TPSA) is 48.1 Å².